The van der Waals surface area contributed by atoms with Crippen molar-refractivity contribution < 1.29 is 19.1 Å². The van der Waals surface area contributed by atoms with Crippen molar-refractivity contribution in [2.45, 2.75) is 26.3 Å². The zero-order valence-electron chi connectivity index (χ0n) is 17.5. The van der Waals surface area contributed by atoms with Gasteiger partial charge in [0.25, 0.3) is 0 Å². The van der Waals surface area contributed by atoms with Gasteiger partial charge in [0.05, 0.1) is 43.6 Å². The van der Waals surface area contributed by atoms with Crippen molar-refractivity contribution >= 4 is 40.4 Å². The maximum absolute atomic E-state index is 12.9. The lowest BCUT2D eigenvalue weighted by Gasteiger charge is -2.37. The average molecular weight is 462 g/mol. The van der Waals surface area contributed by atoms with Crippen LogP contribution in [0.1, 0.15) is 31.9 Å². The van der Waals surface area contributed by atoms with Gasteiger partial charge in [0, 0.05) is 23.8 Å². The van der Waals surface area contributed by atoms with Crippen molar-refractivity contribution in [2.24, 2.45) is 4.99 Å². The second-order valence-corrected chi connectivity index (χ2v) is 8.55. The Morgan fingerprint density at radius 1 is 1.29 bits per heavy atom. The number of rotatable bonds is 5. The lowest BCUT2D eigenvalue weighted by atomic mass is 9.93. The molecule has 1 amide bonds. The zero-order valence-corrected chi connectivity index (χ0v) is 19.0. The fraction of sp³-hybridized carbons (Fsp3) is 0.409. The molecule has 0 bridgehead atoms. The predicted molar refractivity (Wildman–Crippen MR) is 120 cm³/mol. The molecule has 164 valence electrons. The van der Waals surface area contributed by atoms with Gasteiger partial charge in [0.1, 0.15) is 0 Å². The maximum Gasteiger partial charge on any atom is 0.338 e. The van der Waals surface area contributed by atoms with Gasteiger partial charge < -0.3 is 19.3 Å². The van der Waals surface area contributed by atoms with Crippen molar-refractivity contribution in [3.05, 3.63) is 57.2 Å². The number of thioether (sulfide) groups is 1. The van der Waals surface area contributed by atoms with Crippen LogP contribution in [0.5, 0.6) is 0 Å². The van der Waals surface area contributed by atoms with Gasteiger partial charge in [-0.05, 0) is 30.9 Å². The highest BCUT2D eigenvalue weighted by atomic mass is 35.5. The number of aliphatic imine (C=N–C) groups is 1. The summed E-state index contributed by atoms with van der Waals surface area (Å²) in [6.45, 7) is 6.10. The third-order valence-electron chi connectivity index (χ3n) is 5.39. The van der Waals surface area contributed by atoms with Crippen LogP contribution < -0.4 is 0 Å². The molecule has 3 aliphatic heterocycles. The summed E-state index contributed by atoms with van der Waals surface area (Å²) in [6.07, 6.45) is 0.210. The minimum absolute atomic E-state index is 0.0262. The number of morpholine rings is 1. The molecule has 9 heteroatoms. The summed E-state index contributed by atoms with van der Waals surface area (Å²) in [6, 6.07) is 6.91. The number of amidine groups is 1. The summed E-state index contributed by atoms with van der Waals surface area (Å²) in [5.74, 6) is -0.401. The van der Waals surface area contributed by atoms with Crippen molar-refractivity contribution in [1.82, 2.24) is 9.80 Å². The van der Waals surface area contributed by atoms with Crippen molar-refractivity contribution in [1.29, 1.82) is 0 Å². The zero-order chi connectivity index (χ0) is 22.0. The molecule has 7 nitrogen and oxygen atoms in total. The van der Waals surface area contributed by atoms with Crippen LogP contribution in [-0.2, 0) is 19.1 Å². The molecule has 0 N–H and O–H groups in total. The standard InChI is InChI=1S/C22H24ClN3O4S/c1-3-30-21(28)19-14(2)24-22-26(20(19)16-6-4-5-7-17(16)23)15(13-31-22)12-18(27)25-8-10-29-11-9-25/h4-7,13,20H,3,8-12H2,1-2H3/t20-/m1/s1. The number of amides is 1. The fourth-order valence-corrected chi connectivity index (χ4v) is 5.11. The van der Waals surface area contributed by atoms with Crippen LogP contribution in [0, 0.1) is 0 Å². The Kier molecular flexibility index (Phi) is 6.69. The molecule has 1 fully saturated rings. The number of hydrogen-bond acceptors (Lipinski definition) is 7. The number of carbonyl (C=O) groups is 2. The van der Waals surface area contributed by atoms with E-state index in [2.05, 4.69) is 4.99 Å². The SMILES string of the molecule is CCOC(=O)C1=C(C)N=C2SC=C(CC(=O)N3CCOCC3)N2[C@@H]1c1ccccc1Cl. The maximum atomic E-state index is 12.9. The van der Waals surface area contributed by atoms with E-state index in [1.807, 2.05) is 33.4 Å². The van der Waals surface area contributed by atoms with Crippen molar-refractivity contribution in [3.8, 4) is 0 Å². The van der Waals surface area contributed by atoms with E-state index < -0.39 is 12.0 Å². The Labute approximate surface area is 190 Å². The monoisotopic (exact) mass is 461 g/mol. The molecule has 1 atom stereocenters. The van der Waals surface area contributed by atoms with E-state index in [0.717, 1.165) is 16.4 Å². The van der Waals surface area contributed by atoms with E-state index in [9.17, 15) is 9.59 Å². The molecule has 0 saturated carbocycles. The van der Waals surface area contributed by atoms with Gasteiger partial charge in [-0.1, -0.05) is 41.6 Å². The number of fused-ring (bicyclic) bond motifs is 1. The normalized spacial score (nSPS) is 20.9. The number of hydrogen-bond donors (Lipinski definition) is 0. The van der Waals surface area contributed by atoms with E-state index in [4.69, 9.17) is 21.1 Å². The first kappa shape index (κ1) is 21.9. The molecule has 1 saturated heterocycles. The Bertz CT molecular complexity index is 985. The molecular formula is C22H24ClN3O4S. The van der Waals surface area contributed by atoms with Gasteiger partial charge in [-0.3, -0.25) is 4.79 Å². The fourth-order valence-electron chi connectivity index (χ4n) is 3.91. The van der Waals surface area contributed by atoms with Crippen LogP contribution in [0.2, 0.25) is 5.02 Å². The average Bonchev–Trinajstić information content (AvgIpc) is 3.16. The highest BCUT2D eigenvalue weighted by Gasteiger charge is 2.42. The summed E-state index contributed by atoms with van der Waals surface area (Å²) in [5.41, 5.74) is 2.59. The first-order valence-electron chi connectivity index (χ1n) is 10.2. The van der Waals surface area contributed by atoms with E-state index >= 15 is 0 Å². The molecule has 0 radical (unpaired) electrons. The molecule has 1 aromatic rings. The highest BCUT2D eigenvalue weighted by molar-refractivity contribution is 8.16. The van der Waals surface area contributed by atoms with E-state index in [1.165, 1.54) is 11.8 Å². The number of benzene rings is 1. The summed E-state index contributed by atoms with van der Waals surface area (Å²) < 4.78 is 10.7. The van der Waals surface area contributed by atoms with Crippen LogP contribution >= 0.6 is 23.4 Å². The predicted octanol–water partition coefficient (Wildman–Crippen LogP) is 3.73. The summed E-state index contributed by atoms with van der Waals surface area (Å²) in [5, 5.41) is 3.20. The Morgan fingerprint density at radius 3 is 2.74 bits per heavy atom. The minimum atomic E-state index is -0.515. The molecule has 3 aliphatic rings. The number of halogens is 1. The quantitative estimate of drug-likeness (QED) is 0.622. The van der Waals surface area contributed by atoms with Gasteiger partial charge >= 0.3 is 5.97 Å². The first-order valence-corrected chi connectivity index (χ1v) is 11.5. The largest absolute Gasteiger partial charge is 0.463 e. The van der Waals surface area contributed by atoms with Crippen molar-refractivity contribution in [2.75, 3.05) is 32.9 Å². The number of ether oxygens (including phenoxy) is 2. The number of allylic oxidation sites excluding steroid dienone is 1. The summed E-state index contributed by atoms with van der Waals surface area (Å²) >= 11 is 8.01. The summed E-state index contributed by atoms with van der Waals surface area (Å²) in [4.78, 5) is 34.3. The van der Waals surface area contributed by atoms with E-state index in [-0.39, 0.29) is 18.9 Å². The first-order chi connectivity index (χ1) is 15.0. The topological polar surface area (TPSA) is 71.4 Å². The molecule has 0 unspecified atom stereocenters. The van der Waals surface area contributed by atoms with Crippen LogP contribution in [0.25, 0.3) is 0 Å². The number of carbonyl (C=O) groups excluding carboxylic acids is 2. The Balaban J connectivity index is 1.71. The third-order valence-corrected chi connectivity index (χ3v) is 6.62. The molecule has 4 rings (SSSR count). The van der Waals surface area contributed by atoms with Gasteiger partial charge in [-0.15, -0.1) is 0 Å². The Hall–Kier alpha value is -2.29. The smallest absolute Gasteiger partial charge is 0.338 e. The molecular weight excluding hydrogens is 438 g/mol. The molecule has 1 aromatic carbocycles. The second-order valence-electron chi connectivity index (χ2n) is 7.30. The molecule has 0 spiro atoms. The van der Waals surface area contributed by atoms with Crippen LogP contribution in [0.15, 0.2) is 51.6 Å². The Morgan fingerprint density at radius 2 is 2.03 bits per heavy atom. The molecule has 3 heterocycles. The van der Waals surface area contributed by atoms with E-state index in [0.29, 0.717) is 42.6 Å². The molecule has 31 heavy (non-hydrogen) atoms. The molecule has 0 aromatic heterocycles. The van der Waals surface area contributed by atoms with Crippen LogP contribution in [0.4, 0.5) is 0 Å². The second kappa shape index (κ2) is 9.46. The summed E-state index contributed by atoms with van der Waals surface area (Å²) in [7, 11) is 0. The number of esters is 1. The van der Waals surface area contributed by atoms with Gasteiger partial charge in [0.15, 0.2) is 5.17 Å². The lowest BCUT2D eigenvalue weighted by Crippen LogP contribution is -2.42. The lowest BCUT2D eigenvalue weighted by molar-refractivity contribution is -0.139. The third kappa shape index (κ3) is 4.37. The van der Waals surface area contributed by atoms with Gasteiger partial charge in [-0.25, -0.2) is 9.79 Å². The number of nitrogens with zero attached hydrogens (tertiary/aromatic N) is 3. The van der Waals surface area contributed by atoms with Crippen molar-refractivity contribution in [3.63, 3.8) is 0 Å². The van der Waals surface area contributed by atoms with Crippen LogP contribution in [-0.4, -0.2) is 59.8 Å². The van der Waals surface area contributed by atoms with Crippen LogP contribution in [0.3, 0.4) is 0 Å². The van der Waals surface area contributed by atoms with Gasteiger partial charge in [0.2, 0.25) is 5.91 Å². The minimum Gasteiger partial charge on any atom is -0.463 e. The highest BCUT2D eigenvalue weighted by Crippen LogP contribution is 2.46. The van der Waals surface area contributed by atoms with Gasteiger partial charge in [-0.2, -0.15) is 0 Å². The molecule has 0 aliphatic carbocycles. The van der Waals surface area contributed by atoms with E-state index in [1.54, 1.807) is 19.9 Å².